The zero-order valence-electron chi connectivity index (χ0n) is 13.6. The number of amides is 1. The molecule has 9 nitrogen and oxygen atoms in total. The molecular formula is C16H17N3O6. The van der Waals surface area contributed by atoms with Crippen LogP contribution in [-0.2, 0) is 20.8 Å². The molecule has 0 fully saturated rings. The molecule has 1 amide bonds. The Hall–Kier alpha value is -3.04. The molecule has 2 aromatic rings. The van der Waals surface area contributed by atoms with Crippen LogP contribution in [0, 0.1) is 0 Å². The van der Waals surface area contributed by atoms with Gasteiger partial charge in [0, 0.05) is 31.7 Å². The van der Waals surface area contributed by atoms with E-state index in [2.05, 4.69) is 10.3 Å². The molecule has 132 valence electrons. The number of benzene rings is 1. The monoisotopic (exact) mass is 347 g/mol. The number of nitrogens with zero attached hydrogens (tertiary/aromatic N) is 2. The van der Waals surface area contributed by atoms with Crippen LogP contribution in [0.5, 0.6) is 0 Å². The molecule has 0 aliphatic rings. The number of carboxylic acid groups (broad SMARTS) is 1. The summed E-state index contributed by atoms with van der Waals surface area (Å²) in [5.41, 5.74) is -0.0291. The Morgan fingerprint density at radius 1 is 1.32 bits per heavy atom. The van der Waals surface area contributed by atoms with Crippen molar-refractivity contribution in [1.82, 2.24) is 9.55 Å². The maximum atomic E-state index is 12.5. The van der Waals surface area contributed by atoms with Crippen LogP contribution in [0.2, 0.25) is 0 Å². The normalized spacial score (nSPS) is 10.7. The highest BCUT2D eigenvalue weighted by molar-refractivity contribution is 5.87. The van der Waals surface area contributed by atoms with Gasteiger partial charge in [-0.1, -0.05) is 0 Å². The van der Waals surface area contributed by atoms with Crippen LogP contribution >= 0.6 is 0 Å². The molecule has 1 aromatic heterocycles. The number of carbonyl (C=O) groups excluding carboxylic acids is 1. The van der Waals surface area contributed by atoms with Crippen molar-refractivity contribution < 1.29 is 24.2 Å². The van der Waals surface area contributed by atoms with E-state index in [0.29, 0.717) is 17.7 Å². The first-order chi connectivity index (χ1) is 12.0. The molecule has 25 heavy (non-hydrogen) atoms. The fourth-order valence-electron chi connectivity index (χ4n) is 2.22. The smallest absolute Gasteiger partial charge is 0.342 e. The Bertz CT molecular complexity index is 812. The van der Waals surface area contributed by atoms with Crippen molar-refractivity contribution >= 4 is 18.1 Å². The number of carboxylic acids is 1. The molecule has 0 saturated heterocycles. The van der Waals surface area contributed by atoms with Gasteiger partial charge in [0.05, 0.1) is 6.54 Å². The zero-order valence-corrected chi connectivity index (χ0v) is 13.6. The first-order valence-corrected chi connectivity index (χ1v) is 7.21. The molecule has 1 heterocycles. The molecule has 0 aliphatic carbocycles. The van der Waals surface area contributed by atoms with Crippen LogP contribution in [0.25, 0.3) is 11.4 Å². The minimum atomic E-state index is -1.37. The van der Waals surface area contributed by atoms with Crippen molar-refractivity contribution in [2.24, 2.45) is 0 Å². The maximum absolute atomic E-state index is 12.5. The number of methoxy groups -OCH3 is 2. The fraction of sp³-hybridized carbons (Fsp3) is 0.250. The first-order valence-electron chi connectivity index (χ1n) is 7.21. The van der Waals surface area contributed by atoms with Crippen molar-refractivity contribution in [3.63, 3.8) is 0 Å². The predicted octanol–water partition coefficient (Wildman–Crippen LogP) is 0.796. The van der Waals surface area contributed by atoms with Crippen LogP contribution in [0.15, 0.2) is 35.3 Å². The highest BCUT2D eigenvalue weighted by atomic mass is 16.7. The minimum Gasteiger partial charge on any atom is -0.477 e. The molecule has 2 N–H and O–H groups in total. The number of aromatic carboxylic acids is 1. The molecule has 0 radical (unpaired) electrons. The van der Waals surface area contributed by atoms with Crippen molar-refractivity contribution in [1.29, 1.82) is 0 Å². The highest BCUT2D eigenvalue weighted by Crippen LogP contribution is 2.19. The van der Waals surface area contributed by atoms with Gasteiger partial charge in [0.25, 0.3) is 5.56 Å². The number of nitrogens with one attached hydrogen (secondary N) is 1. The number of aromatic nitrogens is 2. The number of hydrogen-bond acceptors (Lipinski definition) is 6. The van der Waals surface area contributed by atoms with Gasteiger partial charge in [0.1, 0.15) is 11.4 Å². The van der Waals surface area contributed by atoms with Gasteiger partial charge in [0.15, 0.2) is 6.29 Å². The Morgan fingerprint density at radius 2 is 1.96 bits per heavy atom. The molecule has 1 aromatic carbocycles. The van der Waals surface area contributed by atoms with E-state index in [1.54, 1.807) is 24.3 Å². The zero-order chi connectivity index (χ0) is 18.4. The molecule has 0 unspecified atom stereocenters. The van der Waals surface area contributed by atoms with Gasteiger partial charge in [0.2, 0.25) is 6.41 Å². The van der Waals surface area contributed by atoms with E-state index < -0.39 is 23.4 Å². The second-order valence-corrected chi connectivity index (χ2v) is 4.96. The average Bonchev–Trinajstić information content (AvgIpc) is 2.61. The van der Waals surface area contributed by atoms with E-state index in [0.717, 1.165) is 6.20 Å². The number of hydrogen-bond donors (Lipinski definition) is 2. The molecule has 0 spiro atoms. The first kappa shape index (κ1) is 18.3. The van der Waals surface area contributed by atoms with Crippen LogP contribution in [0.1, 0.15) is 10.4 Å². The van der Waals surface area contributed by atoms with Gasteiger partial charge >= 0.3 is 5.97 Å². The third kappa shape index (κ3) is 4.08. The summed E-state index contributed by atoms with van der Waals surface area (Å²) in [5, 5.41) is 11.6. The average molecular weight is 347 g/mol. The molecule has 0 saturated carbocycles. The molecule has 0 aliphatic heterocycles. The Kier molecular flexibility index (Phi) is 5.98. The van der Waals surface area contributed by atoms with Gasteiger partial charge in [-0.2, -0.15) is 0 Å². The van der Waals surface area contributed by atoms with E-state index in [-0.39, 0.29) is 12.4 Å². The number of carbonyl (C=O) groups is 2. The molecule has 2 rings (SSSR count). The lowest BCUT2D eigenvalue weighted by Gasteiger charge is -2.18. The van der Waals surface area contributed by atoms with Crippen LogP contribution in [0.3, 0.4) is 0 Å². The van der Waals surface area contributed by atoms with E-state index in [1.165, 1.54) is 18.8 Å². The highest BCUT2D eigenvalue weighted by Gasteiger charge is 2.19. The topological polar surface area (TPSA) is 120 Å². The summed E-state index contributed by atoms with van der Waals surface area (Å²) >= 11 is 0. The maximum Gasteiger partial charge on any atom is 0.342 e. The SMILES string of the molecule is COC(Cn1c(-c2ccc(NC=O)cc2)ncc(C(=O)O)c1=O)OC. The van der Waals surface area contributed by atoms with Gasteiger partial charge in [-0.15, -0.1) is 0 Å². The number of anilines is 1. The minimum absolute atomic E-state index is 0.0381. The Balaban J connectivity index is 2.55. The summed E-state index contributed by atoms with van der Waals surface area (Å²) in [7, 11) is 2.82. The molecule has 0 atom stereocenters. The second kappa shape index (κ2) is 8.18. The van der Waals surface area contributed by atoms with E-state index in [1.807, 2.05) is 0 Å². The van der Waals surface area contributed by atoms with Gasteiger partial charge in [-0.05, 0) is 24.3 Å². The summed E-state index contributed by atoms with van der Waals surface area (Å²) < 4.78 is 11.4. The summed E-state index contributed by atoms with van der Waals surface area (Å²) in [6, 6.07) is 6.57. The number of ether oxygens (including phenoxy) is 2. The largest absolute Gasteiger partial charge is 0.477 e. The van der Waals surface area contributed by atoms with Crippen LogP contribution in [0.4, 0.5) is 5.69 Å². The van der Waals surface area contributed by atoms with Gasteiger partial charge in [-0.3, -0.25) is 14.2 Å². The summed E-state index contributed by atoms with van der Waals surface area (Å²) in [6.07, 6.45) is 0.813. The fourth-order valence-corrected chi connectivity index (χ4v) is 2.22. The van der Waals surface area contributed by atoms with Crippen molar-refractivity contribution in [3.05, 3.63) is 46.4 Å². The van der Waals surface area contributed by atoms with Crippen molar-refractivity contribution in [3.8, 4) is 11.4 Å². The summed E-state index contributed by atoms with van der Waals surface area (Å²) in [6.45, 7) is -0.0381. The van der Waals surface area contributed by atoms with E-state index >= 15 is 0 Å². The van der Waals surface area contributed by atoms with Crippen molar-refractivity contribution in [2.75, 3.05) is 19.5 Å². The third-order valence-electron chi connectivity index (χ3n) is 3.50. The lowest BCUT2D eigenvalue weighted by Crippen LogP contribution is -2.33. The number of rotatable bonds is 8. The van der Waals surface area contributed by atoms with Crippen LogP contribution in [-0.4, -0.2) is 47.5 Å². The second-order valence-electron chi connectivity index (χ2n) is 4.96. The summed E-state index contributed by atoms with van der Waals surface area (Å²) in [4.78, 5) is 38.3. The lowest BCUT2D eigenvalue weighted by atomic mass is 10.1. The standard InChI is InChI=1S/C16H17N3O6/c1-24-13(25-2)8-19-14(17-7-12(15(19)21)16(22)23)10-3-5-11(6-4-10)18-9-20/h3-7,9,13H,8H2,1-2H3,(H,18,20)(H,22,23). The van der Waals surface area contributed by atoms with Gasteiger partial charge in [-0.25, -0.2) is 9.78 Å². The predicted molar refractivity (Wildman–Crippen MR) is 88.4 cm³/mol. The Morgan fingerprint density at radius 3 is 2.48 bits per heavy atom. The van der Waals surface area contributed by atoms with E-state index in [9.17, 15) is 14.4 Å². The summed E-state index contributed by atoms with van der Waals surface area (Å²) in [5.74, 6) is -1.11. The molecule has 0 bridgehead atoms. The molecular weight excluding hydrogens is 330 g/mol. The van der Waals surface area contributed by atoms with Crippen molar-refractivity contribution in [2.45, 2.75) is 12.8 Å². The van der Waals surface area contributed by atoms with Gasteiger partial charge < -0.3 is 19.9 Å². The quantitative estimate of drug-likeness (QED) is 0.535. The Labute approximate surface area is 142 Å². The molecule has 9 heteroatoms. The van der Waals surface area contributed by atoms with Crippen LogP contribution < -0.4 is 10.9 Å². The van der Waals surface area contributed by atoms with E-state index in [4.69, 9.17) is 14.6 Å². The lowest BCUT2D eigenvalue weighted by molar-refractivity contribution is -0.111. The third-order valence-corrected chi connectivity index (χ3v) is 3.50.